The van der Waals surface area contributed by atoms with Crippen LogP contribution in [0.5, 0.6) is 0 Å². The second-order valence-corrected chi connectivity index (χ2v) is 5.15. The monoisotopic (exact) mass is 224 g/mol. The van der Waals surface area contributed by atoms with Gasteiger partial charge in [-0.15, -0.1) is 0 Å². The van der Waals surface area contributed by atoms with Crippen molar-refractivity contribution < 1.29 is 5.11 Å². The Kier molecular flexibility index (Phi) is 2.78. The molecule has 1 nitrogen and oxygen atoms in total. The molecule has 0 radical (unpaired) electrons. The van der Waals surface area contributed by atoms with Crippen molar-refractivity contribution in [1.82, 2.24) is 0 Å². The minimum absolute atomic E-state index is 0.0494. The van der Waals surface area contributed by atoms with Crippen LogP contribution in [0.25, 0.3) is 0 Å². The lowest BCUT2D eigenvalue weighted by Crippen LogP contribution is -2.49. The van der Waals surface area contributed by atoms with Crippen LogP contribution in [-0.4, -0.2) is 11.2 Å². The molecule has 0 saturated heterocycles. The molecule has 0 aliphatic heterocycles. The Balaban J connectivity index is 2.23. The number of aliphatic hydroxyl groups is 1. The maximum Gasteiger partial charge on any atom is 0.0605 e. The van der Waals surface area contributed by atoms with E-state index in [1.807, 2.05) is 12.1 Å². The average molecular weight is 225 g/mol. The quantitative estimate of drug-likeness (QED) is 0.814. The van der Waals surface area contributed by atoms with E-state index in [2.05, 4.69) is 26.0 Å². The molecule has 1 N–H and O–H groups in total. The standard InChI is InChI=1S/C13H17ClO/c1-3-13(2)11(8-12(13)15)9-4-6-10(14)7-5-9/h4-7,11-12,15H,3,8H2,1-2H3. The van der Waals surface area contributed by atoms with Gasteiger partial charge in [-0.05, 0) is 36.5 Å². The van der Waals surface area contributed by atoms with Gasteiger partial charge in [0, 0.05) is 10.4 Å². The highest BCUT2D eigenvalue weighted by Crippen LogP contribution is 2.54. The van der Waals surface area contributed by atoms with E-state index in [0.717, 1.165) is 17.9 Å². The van der Waals surface area contributed by atoms with Crippen LogP contribution in [0.4, 0.5) is 0 Å². The molecule has 0 amide bonds. The zero-order valence-corrected chi connectivity index (χ0v) is 9.96. The maximum absolute atomic E-state index is 9.83. The van der Waals surface area contributed by atoms with Gasteiger partial charge in [-0.2, -0.15) is 0 Å². The molecule has 1 aromatic rings. The number of aliphatic hydroxyl groups excluding tert-OH is 1. The molecule has 0 spiro atoms. The highest BCUT2D eigenvalue weighted by atomic mass is 35.5. The number of hydrogen-bond acceptors (Lipinski definition) is 1. The van der Waals surface area contributed by atoms with Crippen LogP contribution in [0.2, 0.25) is 5.02 Å². The zero-order chi connectivity index (χ0) is 11.1. The molecule has 15 heavy (non-hydrogen) atoms. The molecular formula is C13H17ClO. The summed E-state index contributed by atoms with van der Waals surface area (Å²) in [6.45, 7) is 4.31. The predicted octanol–water partition coefficient (Wildman–Crippen LogP) is 3.60. The molecule has 1 aliphatic carbocycles. The molecule has 1 saturated carbocycles. The summed E-state index contributed by atoms with van der Waals surface area (Å²) in [7, 11) is 0. The van der Waals surface area contributed by atoms with Gasteiger partial charge in [-0.25, -0.2) is 0 Å². The third kappa shape index (κ3) is 1.68. The van der Waals surface area contributed by atoms with E-state index < -0.39 is 0 Å². The van der Waals surface area contributed by atoms with E-state index in [-0.39, 0.29) is 11.5 Å². The van der Waals surface area contributed by atoms with Crippen LogP contribution in [0.1, 0.15) is 38.2 Å². The van der Waals surface area contributed by atoms with Crippen molar-refractivity contribution in [2.75, 3.05) is 0 Å². The van der Waals surface area contributed by atoms with Crippen molar-refractivity contribution in [2.45, 2.75) is 38.7 Å². The van der Waals surface area contributed by atoms with Gasteiger partial charge in [0.15, 0.2) is 0 Å². The lowest BCUT2D eigenvalue weighted by atomic mass is 9.55. The third-order valence-corrected chi connectivity index (χ3v) is 4.30. The Morgan fingerprint density at radius 2 is 2.00 bits per heavy atom. The molecule has 0 heterocycles. The fourth-order valence-corrected chi connectivity index (χ4v) is 2.65. The summed E-state index contributed by atoms with van der Waals surface area (Å²) in [4.78, 5) is 0. The summed E-state index contributed by atoms with van der Waals surface area (Å²) < 4.78 is 0. The van der Waals surface area contributed by atoms with Gasteiger partial charge < -0.3 is 5.11 Å². The van der Waals surface area contributed by atoms with Crippen molar-refractivity contribution in [3.8, 4) is 0 Å². The van der Waals surface area contributed by atoms with Crippen molar-refractivity contribution >= 4 is 11.6 Å². The Morgan fingerprint density at radius 1 is 1.40 bits per heavy atom. The molecule has 1 fully saturated rings. The lowest BCUT2D eigenvalue weighted by Gasteiger charge is -2.51. The van der Waals surface area contributed by atoms with Crippen molar-refractivity contribution in [3.05, 3.63) is 34.9 Å². The normalized spacial score (nSPS) is 34.9. The minimum Gasteiger partial charge on any atom is -0.393 e. The Hall–Kier alpha value is -0.530. The minimum atomic E-state index is -0.150. The van der Waals surface area contributed by atoms with Crippen molar-refractivity contribution in [2.24, 2.45) is 5.41 Å². The first-order valence-electron chi connectivity index (χ1n) is 5.51. The van der Waals surface area contributed by atoms with Gasteiger partial charge in [0.2, 0.25) is 0 Å². The molecule has 1 aliphatic rings. The number of hydrogen-bond donors (Lipinski definition) is 1. The molecule has 82 valence electrons. The van der Waals surface area contributed by atoms with Crippen molar-refractivity contribution in [3.63, 3.8) is 0 Å². The average Bonchev–Trinajstić information content (AvgIpc) is 2.26. The highest BCUT2D eigenvalue weighted by Gasteiger charge is 2.49. The summed E-state index contributed by atoms with van der Waals surface area (Å²) >= 11 is 5.86. The summed E-state index contributed by atoms with van der Waals surface area (Å²) in [5, 5.41) is 10.6. The summed E-state index contributed by atoms with van der Waals surface area (Å²) in [6, 6.07) is 8.01. The topological polar surface area (TPSA) is 20.2 Å². The van der Waals surface area contributed by atoms with Crippen LogP contribution >= 0.6 is 11.6 Å². The van der Waals surface area contributed by atoms with Crippen LogP contribution in [0.15, 0.2) is 24.3 Å². The van der Waals surface area contributed by atoms with Gasteiger partial charge in [-0.1, -0.05) is 37.6 Å². The summed E-state index contributed by atoms with van der Waals surface area (Å²) in [6.07, 6.45) is 1.75. The van der Waals surface area contributed by atoms with Gasteiger partial charge in [0.25, 0.3) is 0 Å². The van der Waals surface area contributed by atoms with Gasteiger partial charge in [-0.3, -0.25) is 0 Å². The smallest absolute Gasteiger partial charge is 0.0605 e. The SMILES string of the molecule is CCC1(C)C(O)CC1c1ccc(Cl)cc1. The van der Waals surface area contributed by atoms with Crippen LogP contribution in [-0.2, 0) is 0 Å². The molecule has 3 atom stereocenters. The molecule has 1 aromatic carbocycles. The van der Waals surface area contributed by atoms with E-state index in [1.165, 1.54) is 5.56 Å². The molecule has 3 unspecified atom stereocenters. The van der Waals surface area contributed by atoms with E-state index in [0.29, 0.717) is 5.92 Å². The first-order valence-corrected chi connectivity index (χ1v) is 5.89. The summed E-state index contributed by atoms with van der Waals surface area (Å²) in [5.41, 5.74) is 1.35. The van der Waals surface area contributed by atoms with Gasteiger partial charge in [0.1, 0.15) is 0 Å². The molecular weight excluding hydrogens is 208 g/mol. The van der Waals surface area contributed by atoms with E-state index >= 15 is 0 Å². The number of rotatable bonds is 2. The van der Waals surface area contributed by atoms with Crippen LogP contribution in [0.3, 0.4) is 0 Å². The van der Waals surface area contributed by atoms with Crippen LogP contribution < -0.4 is 0 Å². The van der Waals surface area contributed by atoms with Crippen molar-refractivity contribution in [1.29, 1.82) is 0 Å². The largest absolute Gasteiger partial charge is 0.393 e. The van der Waals surface area contributed by atoms with E-state index in [4.69, 9.17) is 11.6 Å². The number of benzene rings is 1. The Morgan fingerprint density at radius 3 is 2.47 bits per heavy atom. The zero-order valence-electron chi connectivity index (χ0n) is 9.20. The molecule has 0 aromatic heterocycles. The fourth-order valence-electron chi connectivity index (χ4n) is 2.53. The van der Waals surface area contributed by atoms with Gasteiger partial charge in [0.05, 0.1) is 6.10 Å². The molecule has 2 rings (SSSR count). The Bertz CT molecular complexity index is 346. The fraction of sp³-hybridized carbons (Fsp3) is 0.538. The van der Waals surface area contributed by atoms with E-state index in [1.54, 1.807) is 0 Å². The molecule has 2 heteroatoms. The highest BCUT2D eigenvalue weighted by molar-refractivity contribution is 6.30. The first-order chi connectivity index (χ1) is 7.08. The summed E-state index contributed by atoms with van der Waals surface area (Å²) in [5.74, 6) is 0.481. The first kappa shape index (κ1) is 11.0. The lowest BCUT2D eigenvalue weighted by molar-refractivity contribution is -0.0777. The van der Waals surface area contributed by atoms with E-state index in [9.17, 15) is 5.11 Å². The third-order valence-electron chi connectivity index (χ3n) is 4.05. The molecule has 0 bridgehead atoms. The predicted molar refractivity (Wildman–Crippen MR) is 63.2 cm³/mol. The van der Waals surface area contributed by atoms with Gasteiger partial charge >= 0.3 is 0 Å². The van der Waals surface area contributed by atoms with Crippen LogP contribution in [0, 0.1) is 5.41 Å². The second kappa shape index (κ2) is 3.80. The Labute approximate surface area is 96.1 Å². The second-order valence-electron chi connectivity index (χ2n) is 4.72. The maximum atomic E-state index is 9.83. The number of halogens is 1.